The Hall–Kier alpha value is -1.32. The van der Waals surface area contributed by atoms with Crippen LogP contribution < -0.4 is 4.72 Å². The predicted molar refractivity (Wildman–Crippen MR) is 81.0 cm³/mol. The maximum Gasteiger partial charge on any atom is 0.323 e. The number of nitrogens with zero attached hydrogens (tertiary/aromatic N) is 1. The molecule has 1 unspecified atom stereocenters. The van der Waals surface area contributed by atoms with Crippen molar-refractivity contribution in [2.75, 3.05) is 11.0 Å². The first kappa shape index (κ1) is 15.1. The largest absolute Gasteiger partial charge is 0.480 e. The molecule has 0 bridgehead atoms. The smallest absolute Gasteiger partial charge is 0.323 e. The van der Waals surface area contributed by atoms with Crippen molar-refractivity contribution in [3.05, 3.63) is 18.2 Å². The topological polar surface area (TPSA) is 96.4 Å². The third kappa shape index (κ3) is 3.05. The highest BCUT2D eigenvalue weighted by atomic mass is 32.2. The number of carbonyl (C=O) groups is 1. The van der Waals surface area contributed by atoms with E-state index in [0.717, 1.165) is 21.5 Å². The molecule has 0 saturated carbocycles. The van der Waals surface area contributed by atoms with E-state index >= 15 is 0 Å². The highest BCUT2D eigenvalue weighted by Gasteiger charge is 2.27. The number of aromatic nitrogens is 1. The molecule has 0 saturated heterocycles. The van der Waals surface area contributed by atoms with E-state index in [-0.39, 0.29) is 0 Å². The van der Waals surface area contributed by atoms with E-state index in [4.69, 9.17) is 5.11 Å². The number of hydrogen-bond acceptors (Lipinski definition) is 6. The van der Waals surface area contributed by atoms with E-state index in [1.807, 2.05) is 6.26 Å². The van der Waals surface area contributed by atoms with Crippen LogP contribution in [-0.4, -0.2) is 36.0 Å². The number of benzene rings is 1. The van der Waals surface area contributed by atoms with Gasteiger partial charge in [-0.2, -0.15) is 0 Å². The van der Waals surface area contributed by atoms with Crippen molar-refractivity contribution in [3.63, 3.8) is 0 Å². The van der Waals surface area contributed by atoms with Crippen molar-refractivity contribution in [2.45, 2.75) is 16.5 Å². The van der Waals surface area contributed by atoms with Crippen molar-refractivity contribution in [1.82, 2.24) is 4.98 Å². The second-order valence-electron chi connectivity index (χ2n) is 3.99. The van der Waals surface area contributed by atoms with Gasteiger partial charge < -0.3 is 5.11 Å². The van der Waals surface area contributed by atoms with E-state index in [1.165, 1.54) is 23.1 Å². The van der Waals surface area contributed by atoms with Crippen molar-refractivity contribution < 1.29 is 18.3 Å². The summed E-state index contributed by atoms with van der Waals surface area (Å²) in [7, 11) is -3.95. The molecule has 0 radical (unpaired) electrons. The van der Waals surface area contributed by atoms with E-state index in [2.05, 4.69) is 9.71 Å². The zero-order valence-electron chi connectivity index (χ0n) is 10.7. The molecule has 0 aliphatic heterocycles. The number of sulfonamides is 1. The Bertz CT molecular complexity index is 754. The number of thioether (sulfide) groups is 1. The number of thiazole rings is 1. The van der Waals surface area contributed by atoms with Gasteiger partial charge >= 0.3 is 5.97 Å². The molecule has 0 aliphatic rings. The van der Waals surface area contributed by atoms with Crippen molar-refractivity contribution in [2.24, 2.45) is 0 Å². The fraction of sp³-hybridized carbons (Fsp3) is 0.273. The summed E-state index contributed by atoms with van der Waals surface area (Å²) in [5.74, 6) is -1.39. The molecule has 6 nitrogen and oxygen atoms in total. The average molecular weight is 332 g/mol. The molecule has 9 heteroatoms. The minimum atomic E-state index is -3.95. The maximum atomic E-state index is 11.8. The second kappa shape index (κ2) is 5.58. The van der Waals surface area contributed by atoms with Gasteiger partial charge in [0, 0.05) is 0 Å². The first-order chi connectivity index (χ1) is 9.33. The molecular formula is C11H12N2O4S3. The molecule has 1 atom stereocenters. The molecule has 1 aromatic carbocycles. The summed E-state index contributed by atoms with van der Waals surface area (Å²) in [4.78, 5) is 15.1. The van der Waals surface area contributed by atoms with Crippen molar-refractivity contribution >= 4 is 55.0 Å². The molecule has 0 spiro atoms. The lowest BCUT2D eigenvalue weighted by molar-refractivity contribution is -0.136. The summed E-state index contributed by atoms with van der Waals surface area (Å²) in [6.07, 6.45) is 1.91. The van der Waals surface area contributed by atoms with Gasteiger partial charge in [0.05, 0.1) is 15.9 Å². The molecule has 2 aromatic rings. The van der Waals surface area contributed by atoms with Crippen LogP contribution in [0.5, 0.6) is 0 Å². The number of aliphatic carboxylic acids is 1. The number of fused-ring (bicyclic) bond motifs is 1. The molecular weight excluding hydrogens is 320 g/mol. The standard InChI is InChI=1S/C11H12N2O4S3/c1-6(10(14)15)20(16,17)13-7-3-4-8-9(5-7)19-11(12-8)18-2/h3-6,13H,1-2H3,(H,14,15). The highest BCUT2D eigenvalue weighted by Crippen LogP contribution is 2.30. The van der Waals surface area contributed by atoms with Crippen LogP contribution in [0, 0.1) is 0 Å². The molecule has 0 fully saturated rings. The Kier molecular flexibility index (Phi) is 4.21. The lowest BCUT2D eigenvalue weighted by atomic mass is 10.3. The van der Waals surface area contributed by atoms with Crippen LogP contribution in [0.2, 0.25) is 0 Å². The third-order valence-electron chi connectivity index (χ3n) is 2.62. The van der Waals surface area contributed by atoms with E-state index < -0.39 is 21.2 Å². The number of anilines is 1. The summed E-state index contributed by atoms with van der Waals surface area (Å²) in [6.45, 7) is 1.13. The number of nitrogens with one attached hydrogen (secondary N) is 1. The van der Waals surface area contributed by atoms with Crippen LogP contribution in [-0.2, 0) is 14.8 Å². The third-order valence-corrected chi connectivity index (χ3v) is 6.27. The van der Waals surface area contributed by atoms with Crippen LogP contribution >= 0.6 is 23.1 Å². The average Bonchev–Trinajstić information content (AvgIpc) is 2.79. The Morgan fingerprint density at radius 1 is 1.50 bits per heavy atom. The first-order valence-corrected chi connectivity index (χ1v) is 9.11. The highest BCUT2D eigenvalue weighted by molar-refractivity contribution is 8.00. The lowest BCUT2D eigenvalue weighted by Gasteiger charge is -2.10. The number of rotatable bonds is 5. The molecule has 108 valence electrons. The zero-order chi connectivity index (χ0) is 14.9. The van der Waals surface area contributed by atoms with Crippen molar-refractivity contribution in [3.8, 4) is 0 Å². The summed E-state index contributed by atoms with van der Waals surface area (Å²) in [5, 5.41) is 7.26. The van der Waals surface area contributed by atoms with Gasteiger partial charge in [-0.25, -0.2) is 13.4 Å². The van der Waals surface area contributed by atoms with Gasteiger partial charge in [0.2, 0.25) is 10.0 Å². The number of carboxylic acids is 1. The number of hydrogen-bond donors (Lipinski definition) is 2. The maximum absolute atomic E-state index is 11.8. The van der Waals surface area contributed by atoms with Crippen molar-refractivity contribution in [1.29, 1.82) is 0 Å². The minimum absolute atomic E-state index is 0.335. The molecule has 20 heavy (non-hydrogen) atoms. The monoisotopic (exact) mass is 332 g/mol. The summed E-state index contributed by atoms with van der Waals surface area (Å²) < 4.78 is 27.7. The van der Waals surface area contributed by atoms with E-state index in [1.54, 1.807) is 18.2 Å². The lowest BCUT2D eigenvalue weighted by Crippen LogP contribution is -2.32. The first-order valence-electron chi connectivity index (χ1n) is 5.52. The molecule has 0 amide bonds. The Balaban J connectivity index is 2.32. The summed E-state index contributed by atoms with van der Waals surface area (Å²) >= 11 is 2.97. The quantitative estimate of drug-likeness (QED) is 0.815. The van der Waals surface area contributed by atoms with Crippen LogP contribution in [0.25, 0.3) is 10.2 Å². The summed E-state index contributed by atoms with van der Waals surface area (Å²) in [5.41, 5.74) is 1.12. The fourth-order valence-electron chi connectivity index (χ4n) is 1.44. The van der Waals surface area contributed by atoms with E-state index in [9.17, 15) is 13.2 Å². The Morgan fingerprint density at radius 3 is 2.80 bits per heavy atom. The molecule has 1 heterocycles. The van der Waals surface area contributed by atoms with Gasteiger partial charge in [-0.15, -0.1) is 11.3 Å². The SMILES string of the molecule is CSc1nc2ccc(NS(=O)(=O)C(C)C(=O)O)cc2s1. The number of carboxylic acid groups (broad SMARTS) is 1. The van der Waals surface area contributed by atoms with Crippen LogP contribution in [0.1, 0.15) is 6.92 Å². The minimum Gasteiger partial charge on any atom is -0.480 e. The van der Waals surface area contributed by atoms with Gasteiger partial charge in [-0.05, 0) is 31.4 Å². The Labute approximate surface area is 124 Å². The normalized spacial score (nSPS) is 13.3. The van der Waals surface area contributed by atoms with E-state index in [0.29, 0.717) is 5.69 Å². The van der Waals surface area contributed by atoms with Gasteiger partial charge in [-0.3, -0.25) is 9.52 Å². The van der Waals surface area contributed by atoms with Gasteiger partial charge in [-0.1, -0.05) is 11.8 Å². The molecule has 1 aromatic heterocycles. The van der Waals surface area contributed by atoms with Gasteiger partial charge in [0.15, 0.2) is 9.59 Å². The molecule has 2 N–H and O–H groups in total. The fourth-order valence-corrected chi connectivity index (χ4v) is 3.87. The Morgan fingerprint density at radius 2 is 2.20 bits per heavy atom. The zero-order valence-corrected chi connectivity index (χ0v) is 13.1. The van der Waals surface area contributed by atoms with Crippen LogP contribution in [0.15, 0.2) is 22.5 Å². The van der Waals surface area contributed by atoms with Gasteiger partial charge in [0.1, 0.15) is 0 Å². The predicted octanol–water partition coefficient (Wildman–Crippen LogP) is 2.23. The van der Waals surface area contributed by atoms with Crippen LogP contribution in [0.4, 0.5) is 5.69 Å². The molecule has 0 aliphatic carbocycles. The van der Waals surface area contributed by atoms with Crippen LogP contribution in [0.3, 0.4) is 0 Å². The second-order valence-corrected chi connectivity index (χ2v) is 8.08. The van der Waals surface area contributed by atoms with Gasteiger partial charge in [0.25, 0.3) is 0 Å². The summed E-state index contributed by atoms with van der Waals surface area (Å²) in [6, 6.07) is 4.92. The molecule has 2 rings (SSSR count).